The van der Waals surface area contributed by atoms with Gasteiger partial charge in [-0.1, -0.05) is 24.3 Å². The molecule has 1 saturated heterocycles. The van der Waals surface area contributed by atoms with Crippen LogP contribution in [-0.4, -0.2) is 41.8 Å². The van der Waals surface area contributed by atoms with Gasteiger partial charge in [-0.15, -0.1) is 0 Å². The molecule has 4 atom stereocenters. The highest BCUT2D eigenvalue weighted by Gasteiger charge is 2.39. The zero-order chi connectivity index (χ0) is 12.7. The molecule has 4 unspecified atom stereocenters. The highest BCUT2D eigenvalue weighted by atomic mass is 16.5. The van der Waals surface area contributed by atoms with E-state index in [1.165, 1.54) is 5.56 Å². The van der Waals surface area contributed by atoms with E-state index in [4.69, 9.17) is 4.74 Å². The van der Waals surface area contributed by atoms with Gasteiger partial charge in [-0.3, -0.25) is 4.90 Å². The summed E-state index contributed by atoms with van der Waals surface area (Å²) in [7, 11) is 2.12. The molecule has 3 rings (SSSR count). The van der Waals surface area contributed by atoms with E-state index in [0.29, 0.717) is 6.04 Å². The summed E-state index contributed by atoms with van der Waals surface area (Å²) in [6, 6.07) is 8.85. The number of benzene rings is 1. The minimum Gasteiger partial charge on any atom is -0.387 e. The van der Waals surface area contributed by atoms with Gasteiger partial charge < -0.3 is 9.84 Å². The average Bonchev–Trinajstić information content (AvgIpc) is 2.94. The summed E-state index contributed by atoms with van der Waals surface area (Å²) in [5.41, 5.74) is 2.38. The predicted octanol–water partition coefficient (Wildman–Crippen LogP) is 1.75. The molecule has 2 aliphatic rings. The number of aliphatic hydroxyl groups is 1. The zero-order valence-electron chi connectivity index (χ0n) is 11.0. The van der Waals surface area contributed by atoms with Crippen molar-refractivity contribution < 1.29 is 9.84 Å². The fraction of sp³-hybridized carbons (Fsp3) is 0.600. The molecular weight excluding hydrogens is 226 g/mol. The molecule has 1 aromatic carbocycles. The summed E-state index contributed by atoms with van der Waals surface area (Å²) in [6.07, 6.45) is 1.92. The van der Waals surface area contributed by atoms with E-state index in [0.717, 1.165) is 25.0 Å². The van der Waals surface area contributed by atoms with Crippen LogP contribution in [0.25, 0.3) is 0 Å². The van der Waals surface area contributed by atoms with Crippen molar-refractivity contribution in [3.8, 4) is 0 Å². The molecule has 1 heterocycles. The number of hydrogen-bond donors (Lipinski definition) is 1. The Bertz CT molecular complexity index is 434. The molecule has 98 valence electrons. The lowest BCUT2D eigenvalue weighted by Gasteiger charge is -2.34. The second-order valence-corrected chi connectivity index (χ2v) is 5.51. The van der Waals surface area contributed by atoms with Gasteiger partial charge in [-0.2, -0.15) is 0 Å². The molecule has 1 fully saturated rings. The molecule has 1 aliphatic heterocycles. The van der Waals surface area contributed by atoms with E-state index in [-0.39, 0.29) is 18.2 Å². The van der Waals surface area contributed by atoms with Crippen LogP contribution in [0.15, 0.2) is 24.3 Å². The molecule has 0 aromatic heterocycles. The highest BCUT2D eigenvalue weighted by Crippen LogP contribution is 2.36. The summed E-state index contributed by atoms with van der Waals surface area (Å²) < 4.78 is 5.64. The van der Waals surface area contributed by atoms with Gasteiger partial charge in [0.05, 0.1) is 12.2 Å². The Morgan fingerprint density at radius 1 is 1.28 bits per heavy atom. The predicted molar refractivity (Wildman–Crippen MR) is 70.5 cm³/mol. The number of ether oxygens (including phenoxy) is 1. The van der Waals surface area contributed by atoms with Gasteiger partial charge in [-0.05, 0) is 37.9 Å². The van der Waals surface area contributed by atoms with Crippen molar-refractivity contribution in [2.24, 2.45) is 0 Å². The second-order valence-electron chi connectivity index (χ2n) is 5.51. The van der Waals surface area contributed by atoms with Crippen LogP contribution in [0, 0.1) is 0 Å². The van der Waals surface area contributed by atoms with Gasteiger partial charge in [0.25, 0.3) is 0 Å². The zero-order valence-corrected chi connectivity index (χ0v) is 11.0. The topological polar surface area (TPSA) is 32.7 Å². The lowest BCUT2D eigenvalue weighted by atomic mass is 10.0. The summed E-state index contributed by atoms with van der Waals surface area (Å²) >= 11 is 0. The second kappa shape index (κ2) is 4.65. The van der Waals surface area contributed by atoms with Crippen LogP contribution < -0.4 is 0 Å². The largest absolute Gasteiger partial charge is 0.387 e. The van der Waals surface area contributed by atoms with Crippen LogP contribution in [0.1, 0.15) is 30.6 Å². The maximum atomic E-state index is 10.5. The van der Waals surface area contributed by atoms with Crippen LogP contribution >= 0.6 is 0 Å². The van der Waals surface area contributed by atoms with Crippen LogP contribution in [0.4, 0.5) is 0 Å². The van der Waals surface area contributed by atoms with Crippen molar-refractivity contribution in [1.82, 2.24) is 4.90 Å². The monoisotopic (exact) mass is 247 g/mol. The number of nitrogens with zero attached hydrogens (tertiary/aromatic N) is 1. The molecule has 1 N–H and O–H groups in total. The van der Waals surface area contributed by atoms with E-state index in [2.05, 4.69) is 31.0 Å². The first-order chi connectivity index (χ1) is 8.68. The van der Waals surface area contributed by atoms with E-state index in [9.17, 15) is 5.11 Å². The first kappa shape index (κ1) is 12.2. The SMILES string of the molecule is CC1OCCC1N(C)C1Cc2ccccc2C1O. The van der Waals surface area contributed by atoms with E-state index >= 15 is 0 Å². The molecule has 18 heavy (non-hydrogen) atoms. The number of fused-ring (bicyclic) bond motifs is 1. The van der Waals surface area contributed by atoms with Gasteiger partial charge >= 0.3 is 0 Å². The number of hydrogen-bond acceptors (Lipinski definition) is 3. The molecule has 0 spiro atoms. The maximum absolute atomic E-state index is 10.5. The van der Waals surface area contributed by atoms with Crippen LogP contribution in [0.2, 0.25) is 0 Å². The average molecular weight is 247 g/mol. The van der Waals surface area contributed by atoms with Gasteiger partial charge in [0.2, 0.25) is 0 Å². The van der Waals surface area contributed by atoms with Crippen molar-refractivity contribution in [2.45, 2.75) is 44.1 Å². The molecule has 0 saturated carbocycles. The van der Waals surface area contributed by atoms with Gasteiger partial charge in [0, 0.05) is 18.7 Å². The molecule has 3 heteroatoms. The van der Waals surface area contributed by atoms with E-state index in [1.54, 1.807) is 0 Å². The Balaban J connectivity index is 1.79. The number of likely N-dealkylation sites (N-methyl/N-ethyl adjacent to an activating group) is 1. The third kappa shape index (κ3) is 1.87. The van der Waals surface area contributed by atoms with Gasteiger partial charge in [-0.25, -0.2) is 0 Å². The highest BCUT2D eigenvalue weighted by molar-refractivity contribution is 5.36. The Morgan fingerprint density at radius 2 is 2.06 bits per heavy atom. The minimum absolute atomic E-state index is 0.191. The third-order valence-electron chi connectivity index (χ3n) is 4.55. The molecule has 1 aliphatic carbocycles. The van der Waals surface area contributed by atoms with E-state index in [1.807, 2.05) is 12.1 Å². The smallest absolute Gasteiger partial charge is 0.0951 e. The normalized spacial score (nSPS) is 35.1. The lowest BCUT2D eigenvalue weighted by molar-refractivity contribution is 0.0229. The quantitative estimate of drug-likeness (QED) is 0.864. The third-order valence-corrected chi connectivity index (χ3v) is 4.55. The molecule has 1 aromatic rings. The van der Waals surface area contributed by atoms with Gasteiger partial charge in [0.15, 0.2) is 0 Å². The fourth-order valence-electron chi connectivity index (χ4n) is 3.42. The van der Waals surface area contributed by atoms with Crippen LogP contribution in [-0.2, 0) is 11.2 Å². The Kier molecular flexibility index (Phi) is 3.14. The van der Waals surface area contributed by atoms with Crippen molar-refractivity contribution in [2.75, 3.05) is 13.7 Å². The maximum Gasteiger partial charge on any atom is 0.0951 e. The Morgan fingerprint density at radius 3 is 2.72 bits per heavy atom. The first-order valence-corrected chi connectivity index (χ1v) is 6.78. The number of rotatable bonds is 2. The lowest BCUT2D eigenvalue weighted by Crippen LogP contribution is -2.45. The van der Waals surface area contributed by atoms with Crippen molar-refractivity contribution in [3.05, 3.63) is 35.4 Å². The molecular formula is C15H21NO2. The molecule has 0 amide bonds. The van der Waals surface area contributed by atoms with Crippen LogP contribution in [0.5, 0.6) is 0 Å². The summed E-state index contributed by atoms with van der Waals surface area (Å²) in [6.45, 7) is 2.97. The summed E-state index contributed by atoms with van der Waals surface area (Å²) in [5, 5.41) is 10.5. The fourth-order valence-corrected chi connectivity index (χ4v) is 3.42. The van der Waals surface area contributed by atoms with Crippen molar-refractivity contribution in [3.63, 3.8) is 0 Å². The Labute approximate surface area is 108 Å². The van der Waals surface area contributed by atoms with Gasteiger partial charge in [0.1, 0.15) is 0 Å². The molecule has 0 bridgehead atoms. The summed E-state index contributed by atoms with van der Waals surface area (Å²) in [5.74, 6) is 0. The number of aliphatic hydroxyl groups excluding tert-OH is 1. The van der Waals surface area contributed by atoms with Crippen LogP contribution in [0.3, 0.4) is 0 Å². The summed E-state index contributed by atoms with van der Waals surface area (Å²) in [4.78, 5) is 2.32. The Hall–Kier alpha value is -0.900. The first-order valence-electron chi connectivity index (χ1n) is 6.78. The molecule has 0 radical (unpaired) electrons. The van der Waals surface area contributed by atoms with Crippen molar-refractivity contribution in [1.29, 1.82) is 0 Å². The van der Waals surface area contributed by atoms with Crippen molar-refractivity contribution >= 4 is 0 Å². The minimum atomic E-state index is -0.362. The van der Waals surface area contributed by atoms with E-state index < -0.39 is 0 Å². The standard InChI is InChI=1S/C15H21NO2/c1-10-13(7-8-18-10)16(2)14-9-11-5-3-4-6-12(11)15(14)17/h3-6,10,13-15,17H,7-9H2,1-2H3. The molecule has 3 nitrogen and oxygen atoms in total.